The van der Waals surface area contributed by atoms with Gasteiger partial charge < -0.3 is 20.7 Å². The number of benzene rings is 3. The molecule has 2 fully saturated rings. The molecule has 2 aliphatic heterocycles. The van der Waals surface area contributed by atoms with Gasteiger partial charge in [-0.25, -0.2) is 4.39 Å². The highest BCUT2D eigenvalue weighted by Crippen LogP contribution is 2.59. The molecule has 42 heavy (non-hydrogen) atoms. The minimum atomic E-state index is -1.38. The van der Waals surface area contributed by atoms with Crippen molar-refractivity contribution in [3.8, 4) is 5.75 Å². The normalized spacial score (nSPS) is 23.1. The second-order valence-corrected chi connectivity index (χ2v) is 12.1. The monoisotopic (exact) mass is 609 g/mol. The summed E-state index contributed by atoms with van der Waals surface area (Å²) in [5, 5.41) is 9.77. The molecule has 10 heteroatoms. The minimum Gasteiger partial charge on any atom is -0.491 e. The Bertz CT molecular complexity index is 1590. The van der Waals surface area contributed by atoms with Gasteiger partial charge in [0.2, 0.25) is 17.7 Å². The molecule has 3 atom stereocenters. The number of anilines is 1. The summed E-state index contributed by atoms with van der Waals surface area (Å²) in [6.07, 6.45) is 2.83. The maximum absolute atomic E-state index is 14.7. The van der Waals surface area contributed by atoms with Crippen molar-refractivity contribution < 1.29 is 23.5 Å². The van der Waals surface area contributed by atoms with E-state index in [0.717, 1.165) is 24.8 Å². The molecule has 3 aromatic rings. The Hall–Kier alpha value is -3.62. The van der Waals surface area contributed by atoms with Gasteiger partial charge in [-0.05, 0) is 78.9 Å². The van der Waals surface area contributed by atoms with Crippen molar-refractivity contribution in [3.05, 3.63) is 92.7 Å². The fraction of sp³-hybridized carbons (Fsp3) is 0.344. The fourth-order valence-electron chi connectivity index (χ4n) is 6.52. The number of piperidine rings is 1. The van der Waals surface area contributed by atoms with Crippen molar-refractivity contribution in [2.75, 3.05) is 18.5 Å². The molecule has 1 saturated carbocycles. The topological polar surface area (TPSA) is 96.5 Å². The van der Waals surface area contributed by atoms with E-state index in [0.29, 0.717) is 44.7 Å². The highest BCUT2D eigenvalue weighted by molar-refractivity contribution is 6.31. The Morgan fingerprint density at radius 2 is 1.81 bits per heavy atom. The van der Waals surface area contributed by atoms with Gasteiger partial charge in [0.1, 0.15) is 23.6 Å². The van der Waals surface area contributed by atoms with Crippen LogP contribution < -0.4 is 20.7 Å². The van der Waals surface area contributed by atoms with Crippen molar-refractivity contribution >= 4 is 46.6 Å². The summed E-state index contributed by atoms with van der Waals surface area (Å²) in [5.41, 5.74) is 1.56. The van der Waals surface area contributed by atoms with Crippen LogP contribution in [0, 0.1) is 18.7 Å². The predicted molar refractivity (Wildman–Crippen MR) is 158 cm³/mol. The van der Waals surface area contributed by atoms with E-state index < -0.39 is 23.2 Å². The van der Waals surface area contributed by atoms with Crippen molar-refractivity contribution in [2.24, 2.45) is 5.92 Å². The van der Waals surface area contributed by atoms with Crippen LogP contribution in [-0.4, -0.2) is 30.9 Å². The van der Waals surface area contributed by atoms with Gasteiger partial charge in [0, 0.05) is 39.6 Å². The van der Waals surface area contributed by atoms with Gasteiger partial charge in [0.05, 0.1) is 12.6 Å². The number of carbonyl (C=O) groups is 3. The maximum atomic E-state index is 14.7. The average Bonchev–Trinajstić information content (AvgIpc) is 3.19. The number of nitrogens with one attached hydrogen (secondary N) is 3. The molecule has 0 aromatic heterocycles. The highest BCUT2D eigenvalue weighted by Gasteiger charge is 2.61. The second kappa shape index (κ2) is 11.2. The molecule has 1 aliphatic carbocycles. The molecule has 7 nitrogen and oxygen atoms in total. The Morgan fingerprint density at radius 3 is 2.57 bits per heavy atom. The molecule has 1 saturated heterocycles. The summed E-state index contributed by atoms with van der Waals surface area (Å²) in [4.78, 5) is 40.0. The Labute approximate surface area is 253 Å². The number of ether oxygens (including phenoxy) is 1. The zero-order valence-electron chi connectivity index (χ0n) is 22.9. The van der Waals surface area contributed by atoms with Crippen molar-refractivity contribution in [1.29, 1.82) is 0 Å². The average molecular weight is 611 g/mol. The molecule has 3 amide bonds. The van der Waals surface area contributed by atoms with Gasteiger partial charge in [0.15, 0.2) is 0 Å². The van der Waals surface area contributed by atoms with E-state index >= 15 is 0 Å². The molecule has 0 bridgehead atoms. The van der Waals surface area contributed by atoms with Crippen LogP contribution >= 0.6 is 23.2 Å². The minimum absolute atomic E-state index is 0.0234. The van der Waals surface area contributed by atoms with E-state index in [-0.39, 0.29) is 36.7 Å². The summed E-state index contributed by atoms with van der Waals surface area (Å²) in [7, 11) is 0. The number of rotatable bonds is 7. The molecule has 0 radical (unpaired) electrons. The number of fused-ring (bicyclic) bond motifs is 2. The third-order valence-corrected chi connectivity index (χ3v) is 9.26. The summed E-state index contributed by atoms with van der Waals surface area (Å²) in [6.45, 7) is 2.31. The van der Waals surface area contributed by atoms with Gasteiger partial charge in [-0.3, -0.25) is 14.4 Å². The number of carbonyl (C=O) groups excluding carboxylic acids is 3. The number of aryl methyl sites for hydroxylation is 1. The maximum Gasteiger partial charge on any atom is 0.238 e. The number of halogens is 3. The molecule has 218 valence electrons. The zero-order chi connectivity index (χ0) is 29.6. The lowest BCUT2D eigenvalue weighted by Gasteiger charge is -2.47. The summed E-state index contributed by atoms with van der Waals surface area (Å²) in [6, 6.07) is 13.7. The molecular formula is C32H30Cl2FN3O4. The molecule has 3 N–H and O–H groups in total. The third kappa shape index (κ3) is 4.90. The molecule has 1 unspecified atom stereocenters. The summed E-state index contributed by atoms with van der Waals surface area (Å²) >= 11 is 12.8. The zero-order valence-corrected chi connectivity index (χ0v) is 24.4. The standard InChI is InChI=1S/C32H30Cl2FN3O4/c1-17-5-8-21(35)15-22(17)29-32(24-9-6-20(34)14-26(24)37-31(32)41)25(16-28(39)38-29)23-13-19(33)7-10-27(23)42-12-11-36-30(40)18-3-2-4-18/h5-10,13-15,18,25,29H,2-4,11-12,16H2,1H3,(H,36,40)(H,37,41)(H,38,39)/t25-,29+,32?/m1/s1. The molecule has 3 aliphatic rings. The lowest BCUT2D eigenvalue weighted by Crippen LogP contribution is -2.57. The number of hydrogen-bond acceptors (Lipinski definition) is 4. The van der Waals surface area contributed by atoms with E-state index in [4.69, 9.17) is 27.9 Å². The predicted octanol–water partition coefficient (Wildman–Crippen LogP) is 5.97. The van der Waals surface area contributed by atoms with Crippen LogP contribution in [0.3, 0.4) is 0 Å². The van der Waals surface area contributed by atoms with Crippen LogP contribution in [0.2, 0.25) is 10.0 Å². The second-order valence-electron chi connectivity index (χ2n) is 11.2. The van der Waals surface area contributed by atoms with Gasteiger partial charge in [0.25, 0.3) is 0 Å². The summed E-state index contributed by atoms with van der Waals surface area (Å²) < 4.78 is 20.8. The van der Waals surface area contributed by atoms with E-state index in [1.165, 1.54) is 12.1 Å². The first-order chi connectivity index (χ1) is 20.2. The van der Waals surface area contributed by atoms with E-state index in [2.05, 4.69) is 16.0 Å². The van der Waals surface area contributed by atoms with Crippen LogP contribution in [0.15, 0.2) is 54.6 Å². The highest BCUT2D eigenvalue weighted by atomic mass is 35.5. The van der Waals surface area contributed by atoms with E-state index in [1.807, 2.05) is 6.92 Å². The van der Waals surface area contributed by atoms with Crippen LogP contribution in [0.1, 0.15) is 59.9 Å². The van der Waals surface area contributed by atoms with Gasteiger partial charge >= 0.3 is 0 Å². The van der Waals surface area contributed by atoms with Crippen LogP contribution in [-0.2, 0) is 19.8 Å². The molecule has 3 aromatic carbocycles. The van der Waals surface area contributed by atoms with Crippen molar-refractivity contribution in [2.45, 2.75) is 50.0 Å². The lowest BCUT2D eigenvalue weighted by molar-refractivity contribution is -0.131. The van der Waals surface area contributed by atoms with Gasteiger partial charge in [-0.2, -0.15) is 0 Å². The first-order valence-electron chi connectivity index (χ1n) is 14.1. The van der Waals surface area contributed by atoms with Crippen LogP contribution in [0.5, 0.6) is 5.75 Å². The molecular weight excluding hydrogens is 580 g/mol. The quantitative estimate of drug-likeness (QED) is 0.287. The van der Waals surface area contributed by atoms with Crippen LogP contribution in [0.25, 0.3) is 0 Å². The van der Waals surface area contributed by atoms with Crippen LogP contribution in [0.4, 0.5) is 10.1 Å². The van der Waals surface area contributed by atoms with Crippen molar-refractivity contribution in [3.63, 3.8) is 0 Å². The molecule has 1 spiro atoms. The Kier molecular flexibility index (Phi) is 7.62. The third-order valence-electron chi connectivity index (χ3n) is 8.79. The van der Waals surface area contributed by atoms with E-state index in [9.17, 15) is 18.8 Å². The van der Waals surface area contributed by atoms with E-state index in [1.54, 1.807) is 42.5 Å². The fourth-order valence-corrected chi connectivity index (χ4v) is 6.87. The van der Waals surface area contributed by atoms with Crippen molar-refractivity contribution in [1.82, 2.24) is 10.6 Å². The lowest BCUT2D eigenvalue weighted by atomic mass is 9.59. The number of hydrogen-bond donors (Lipinski definition) is 3. The largest absolute Gasteiger partial charge is 0.491 e. The summed E-state index contributed by atoms with van der Waals surface area (Å²) in [5.74, 6) is -1.33. The number of amides is 3. The molecule has 6 rings (SSSR count). The SMILES string of the molecule is Cc1ccc(F)cc1[C@@H]1NC(=O)C[C@H](c2cc(Cl)ccc2OCCNC(=O)C2CCC2)C12C(=O)Nc1cc(Cl)ccc12. The Morgan fingerprint density at radius 1 is 1.05 bits per heavy atom. The smallest absolute Gasteiger partial charge is 0.238 e. The van der Waals surface area contributed by atoms with Gasteiger partial charge in [-0.15, -0.1) is 0 Å². The van der Waals surface area contributed by atoms with Gasteiger partial charge in [-0.1, -0.05) is 41.8 Å². The first kappa shape index (κ1) is 28.5. The first-order valence-corrected chi connectivity index (χ1v) is 14.8. The molecule has 2 heterocycles. The Balaban J connectivity index is 1.45.